The van der Waals surface area contributed by atoms with E-state index in [4.69, 9.17) is 0 Å². The van der Waals surface area contributed by atoms with E-state index in [1.807, 2.05) is 29.6 Å². The van der Waals surface area contributed by atoms with Crippen LogP contribution < -0.4 is 5.32 Å². The zero-order valence-corrected chi connectivity index (χ0v) is 12.7. The van der Waals surface area contributed by atoms with Crippen molar-refractivity contribution in [1.82, 2.24) is 9.78 Å². The van der Waals surface area contributed by atoms with E-state index < -0.39 is 0 Å². The van der Waals surface area contributed by atoms with Gasteiger partial charge in [-0.15, -0.1) is 11.3 Å². The van der Waals surface area contributed by atoms with Crippen LogP contribution in [0.1, 0.15) is 5.56 Å². The Kier molecular flexibility index (Phi) is 4.50. The highest BCUT2D eigenvalue weighted by molar-refractivity contribution is 7.13. The molecule has 0 fully saturated rings. The number of benzene rings is 1. The SMILES string of the molecule is OCCn1nc(-c2cccs2)cc1NCc1cccc(F)c1. The summed E-state index contributed by atoms with van der Waals surface area (Å²) in [6.45, 7) is 0.926. The van der Waals surface area contributed by atoms with E-state index in [1.165, 1.54) is 12.1 Å². The van der Waals surface area contributed by atoms with Crippen LogP contribution in [-0.2, 0) is 13.1 Å². The molecule has 2 N–H and O–H groups in total. The standard InChI is InChI=1S/C16H16FN3OS/c17-13-4-1-3-12(9-13)11-18-16-10-14(15-5-2-8-22-15)19-20(16)6-7-21/h1-5,8-10,18,21H,6-7,11H2. The third-order valence-corrected chi connectivity index (χ3v) is 4.12. The molecule has 0 spiro atoms. The van der Waals surface area contributed by atoms with Gasteiger partial charge in [0.25, 0.3) is 0 Å². The van der Waals surface area contributed by atoms with Crippen molar-refractivity contribution in [2.75, 3.05) is 11.9 Å². The van der Waals surface area contributed by atoms with Gasteiger partial charge in [-0.1, -0.05) is 18.2 Å². The third kappa shape index (κ3) is 3.35. The zero-order valence-electron chi connectivity index (χ0n) is 11.9. The Morgan fingerprint density at radius 1 is 1.23 bits per heavy atom. The average Bonchev–Trinajstić information content (AvgIpc) is 3.15. The van der Waals surface area contributed by atoms with Crippen molar-refractivity contribution in [3.05, 3.63) is 59.2 Å². The minimum atomic E-state index is -0.248. The molecular formula is C16H16FN3OS. The number of hydrogen-bond donors (Lipinski definition) is 2. The molecule has 0 saturated heterocycles. The van der Waals surface area contributed by atoms with Gasteiger partial charge in [0, 0.05) is 12.6 Å². The molecule has 4 nitrogen and oxygen atoms in total. The third-order valence-electron chi connectivity index (χ3n) is 3.23. The first-order valence-corrected chi connectivity index (χ1v) is 7.85. The van der Waals surface area contributed by atoms with Crippen LogP contribution in [0.15, 0.2) is 47.8 Å². The van der Waals surface area contributed by atoms with Crippen LogP contribution in [0.5, 0.6) is 0 Å². The van der Waals surface area contributed by atoms with E-state index in [9.17, 15) is 9.50 Å². The van der Waals surface area contributed by atoms with Crippen molar-refractivity contribution in [3.8, 4) is 10.6 Å². The molecule has 114 valence electrons. The molecule has 0 bridgehead atoms. The van der Waals surface area contributed by atoms with Crippen molar-refractivity contribution in [3.63, 3.8) is 0 Å². The molecule has 2 heterocycles. The molecule has 3 rings (SSSR count). The number of nitrogens with zero attached hydrogens (tertiary/aromatic N) is 2. The quantitative estimate of drug-likeness (QED) is 0.733. The van der Waals surface area contributed by atoms with Crippen LogP contribution in [0, 0.1) is 5.82 Å². The van der Waals surface area contributed by atoms with Crippen molar-refractivity contribution in [2.45, 2.75) is 13.1 Å². The molecule has 0 radical (unpaired) electrons. The van der Waals surface area contributed by atoms with Crippen LogP contribution in [0.3, 0.4) is 0 Å². The normalized spacial score (nSPS) is 10.8. The number of aliphatic hydroxyl groups excluding tert-OH is 1. The predicted molar refractivity (Wildman–Crippen MR) is 86.4 cm³/mol. The summed E-state index contributed by atoms with van der Waals surface area (Å²) in [6.07, 6.45) is 0. The molecular weight excluding hydrogens is 301 g/mol. The molecule has 1 aromatic carbocycles. The minimum Gasteiger partial charge on any atom is -0.394 e. The van der Waals surface area contributed by atoms with Gasteiger partial charge < -0.3 is 10.4 Å². The van der Waals surface area contributed by atoms with Gasteiger partial charge in [0.2, 0.25) is 0 Å². The van der Waals surface area contributed by atoms with Crippen LogP contribution in [0.4, 0.5) is 10.2 Å². The lowest BCUT2D eigenvalue weighted by Crippen LogP contribution is -2.10. The van der Waals surface area contributed by atoms with E-state index in [-0.39, 0.29) is 12.4 Å². The lowest BCUT2D eigenvalue weighted by atomic mass is 10.2. The fraction of sp³-hybridized carbons (Fsp3) is 0.188. The van der Waals surface area contributed by atoms with Crippen LogP contribution in [0.2, 0.25) is 0 Å². The molecule has 3 aromatic rings. The maximum atomic E-state index is 13.2. The molecule has 6 heteroatoms. The van der Waals surface area contributed by atoms with Crippen molar-refractivity contribution in [2.24, 2.45) is 0 Å². The zero-order chi connectivity index (χ0) is 15.4. The number of nitrogens with one attached hydrogen (secondary N) is 1. The van der Waals surface area contributed by atoms with E-state index >= 15 is 0 Å². The first-order valence-electron chi connectivity index (χ1n) is 6.97. The molecule has 0 aliphatic heterocycles. The van der Waals surface area contributed by atoms with Gasteiger partial charge in [-0.3, -0.25) is 0 Å². The van der Waals surface area contributed by atoms with Crippen molar-refractivity contribution in [1.29, 1.82) is 0 Å². The van der Waals surface area contributed by atoms with E-state index in [0.717, 1.165) is 22.0 Å². The van der Waals surface area contributed by atoms with Gasteiger partial charge in [-0.05, 0) is 29.1 Å². The lowest BCUT2D eigenvalue weighted by molar-refractivity contribution is 0.270. The van der Waals surface area contributed by atoms with Crippen LogP contribution in [-0.4, -0.2) is 21.5 Å². The molecule has 0 unspecified atom stereocenters. The molecule has 0 aliphatic carbocycles. The topological polar surface area (TPSA) is 50.1 Å². The fourth-order valence-electron chi connectivity index (χ4n) is 2.21. The van der Waals surface area contributed by atoms with E-state index in [2.05, 4.69) is 10.4 Å². The molecule has 0 aliphatic rings. The number of anilines is 1. The summed E-state index contributed by atoms with van der Waals surface area (Å²) in [7, 11) is 0. The second kappa shape index (κ2) is 6.72. The first-order chi connectivity index (χ1) is 10.8. The Hall–Kier alpha value is -2.18. The van der Waals surface area contributed by atoms with Gasteiger partial charge in [0.15, 0.2) is 0 Å². The van der Waals surface area contributed by atoms with Gasteiger partial charge in [-0.25, -0.2) is 9.07 Å². The Morgan fingerprint density at radius 3 is 2.86 bits per heavy atom. The summed E-state index contributed by atoms with van der Waals surface area (Å²) >= 11 is 1.62. The molecule has 0 saturated carbocycles. The Morgan fingerprint density at radius 2 is 2.14 bits per heavy atom. The number of halogens is 1. The van der Waals surface area contributed by atoms with Crippen LogP contribution >= 0.6 is 11.3 Å². The highest BCUT2D eigenvalue weighted by Crippen LogP contribution is 2.26. The van der Waals surface area contributed by atoms with Gasteiger partial charge in [0.1, 0.15) is 17.3 Å². The lowest BCUT2D eigenvalue weighted by Gasteiger charge is -2.08. The van der Waals surface area contributed by atoms with E-state index in [0.29, 0.717) is 13.1 Å². The summed E-state index contributed by atoms with van der Waals surface area (Å²) in [5, 5.41) is 18.9. The molecule has 22 heavy (non-hydrogen) atoms. The summed E-state index contributed by atoms with van der Waals surface area (Å²) in [4.78, 5) is 1.07. The smallest absolute Gasteiger partial charge is 0.125 e. The number of hydrogen-bond acceptors (Lipinski definition) is 4. The second-order valence-electron chi connectivity index (χ2n) is 4.82. The van der Waals surface area contributed by atoms with Gasteiger partial charge >= 0.3 is 0 Å². The summed E-state index contributed by atoms with van der Waals surface area (Å²) in [6, 6.07) is 12.4. The molecule has 0 amide bonds. The summed E-state index contributed by atoms with van der Waals surface area (Å²) < 4.78 is 14.9. The first kappa shape index (κ1) is 14.7. The highest BCUT2D eigenvalue weighted by Gasteiger charge is 2.10. The van der Waals surface area contributed by atoms with Gasteiger partial charge in [0.05, 0.1) is 18.0 Å². The predicted octanol–water partition coefficient (Wildman–Crippen LogP) is 3.36. The number of aromatic nitrogens is 2. The van der Waals surface area contributed by atoms with Crippen LogP contribution in [0.25, 0.3) is 10.6 Å². The molecule has 0 atom stereocenters. The number of rotatable bonds is 6. The minimum absolute atomic E-state index is 0.0141. The number of aliphatic hydroxyl groups is 1. The maximum absolute atomic E-state index is 13.2. The van der Waals surface area contributed by atoms with Crippen molar-refractivity contribution >= 4 is 17.2 Å². The largest absolute Gasteiger partial charge is 0.394 e. The van der Waals surface area contributed by atoms with Crippen molar-refractivity contribution < 1.29 is 9.50 Å². The van der Waals surface area contributed by atoms with E-state index in [1.54, 1.807) is 22.1 Å². The summed E-state index contributed by atoms with van der Waals surface area (Å²) in [5.74, 6) is 0.559. The monoisotopic (exact) mass is 317 g/mol. The average molecular weight is 317 g/mol. The second-order valence-corrected chi connectivity index (χ2v) is 5.77. The Labute approximate surface area is 131 Å². The maximum Gasteiger partial charge on any atom is 0.125 e. The Bertz CT molecular complexity index is 740. The summed E-state index contributed by atoms with van der Waals surface area (Å²) in [5.41, 5.74) is 1.72. The molecule has 2 aromatic heterocycles. The Balaban J connectivity index is 1.79. The highest BCUT2D eigenvalue weighted by atomic mass is 32.1. The fourth-order valence-corrected chi connectivity index (χ4v) is 2.89. The van der Waals surface area contributed by atoms with Gasteiger partial charge in [-0.2, -0.15) is 5.10 Å². The number of thiophene rings is 1.